The molecule has 1 aliphatic rings. The quantitative estimate of drug-likeness (QED) is 0.807. The lowest BCUT2D eigenvalue weighted by molar-refractivity contribution is 0.545. The standard InChI is InChI=1S/C14H21NS2/c1-4-10-7-6-9(3)8-11(5-2)13-12(10)15-14(16)17-13/h9H,4-8H2,1-3H3,(H,15,16)/b12-10-,13-11-. The van der Waals surface area contributed by atoms with Crippen LogP contribution >= 0.6 is 23.6 Å². The first-order chi connectivity index (χ1) is 8.15. The number of thiazole rings is 1. The molecule has 0 bridgehead atoms. The summed E-state index contributed by atoms with van der Waals surface area (Å²) in [4.78, 5) is 3.42. The van der Waals surface area contributed by atoms with Gasteiger partial charge in [0.05, 0.1) is 9.88 Å². The predicted molar refractivity (Wildman–Crippen MR) is 79.2 cm³/mol. The van der Waals surface area contributed by atoms with Crippen molar-refractivity contribution in [2.24, 2.45) is 5.92 Å². The Kier molecular flexibility index (Phi) is 4.21. The fraction of sp³-hybridized carbons (Fsp3) is 0.643. The van der Waals surface area contributed by atoms with E-state index in [0.29, 0.717) is 0 Å². The average molecular weight is 267 g/mol. The van der Waals surface area contributed by atoms with E-state index in [0.717, 1.165) is 22.7 Å². The summed E-state index contributed by atoms with van der Waals surface area (Å²) in [5, 5.41) is 1.35. The smallest absolute Gasteiger partial charge is 0.159 e. The predicted octanol–water partition coefficient (Wildman–Crippen LogP) is 3.75. The Hall–Kier alpha value is -0.410. The molecule has 1 aromatic heterocycles. The Labute approximate surface area is 112 Å². The van der Waals surface area contributed by atoms with Gasteiger partial charge in [-0.2, -0.15) is 0 Å². The summed E-state index contributed by atoms with van der Waals surface area (Å²) < 4.78 is 2.38. The third kappa shape index (κ3) is 2.71. The van der Waals surface area contributed by atoms with Crippen LogP contribution in [0, 0.1) is 9.87 Å². The van der Waals surface area contributed by atoms with Gasteiger partial charge in [-0.1, -0.05) is 26.3 Å². The molecule has 17 heavy (non-hydrogen) atoms. The first-order valence-electron chi connectivity index (χ1n) is 6.58. The van der Waals surface area contributed by atoms with Crippen LogP contribution in [0.3, 0.4) is 0 Å². The van der Waals surface area contributed by atoms with E-state index in [1.54, 1.807) is 22.5 Å². The largest absolute Gasteiger partial charge is 0.337 e. The van der Waals surface area contributed by atoms with E-state index in [1.807, 2.05) is 0 Å². The van der Waals surface area contributed by atoms with Gasteiger partial charge < -0.3 is 4.98 Å². The number of fused-ring (bicyclic) bond motifs is 1. The minimum Gasteiger partial charge on any atom is -0.337 e. The molecule has 0 radical (unpaired) electrons. The van der Waals surface area contributed by atoms with Crippen LogP contribution in [-0.2, 0) is 0 Å². The van der Waals surface area contributed by atoms with E-state index in [2.05, 4.69) is 25.8 Å². The van der Waals surface area contributed by atoms with Crippen molar-refractivity contribution in [3.8, 4) is 0 Å². The van der Waals surface area contributed by atoms with Gasteiger partial charge >= 0.3 is 0 Å². The molecular formula is C14H21NS2. The lowest BCUT2D eigenvalue weighted by Crippen LogP contribution is -2.28. The molecule has 1 nitrogen and oxygen atoms in total. The van der Waals surface area contributed by atoms with Gasteiger partial charge in [0, 0.05) is 0 Å². The van der Waals surface area contributed by atoms with Crippen LogP contribution in [0.15, 0.2) is 0 Å². The highest BCUT2D eigenvalue weighted by atomic mass is 32.1. The number of rotatable bonds is 2. The Morgan fingerprint density at radius 3 is 2.65 bits per heavy atom. The van der Waals surface area contributed by atoms with Crippen molar-refractivity contribution in [2.75, 3.05) is 0 Å². The molecule has 0 fully saturated rings. The SMILES string of the molecule is CC/C1=c2/[nH]c(=S)s/c2=C(/CC)CC(C)CC1. The third-order valence-electron chi connectivity index (χ3n) is 3.71. The highest BCUT2D eigenvalue weighted by molar-refractivity contribution is 7.73. The molecule has 94 valence electrons. The molecule has 1 unspecified atom stereocenters. The summed E-state index contributed by atoms with van der Waals surface area (Å²) in [7, 11) is 0. The first kappa shape index (κ1) is 13.0. The molecule has 1 heterocycles. The minimum atomic E-state index is 0.801. The second kappa shape index (κ2) is 5.49. The van der Waals surface area contributed by atoms with Crippen LogP contribution in [0.1, 0.15) is 52.9 Å². The fourth-order valence-corrected chi connectivity index (χ4v) is 4.01. The fourth-order valence-electron chi connectivity index (χ4n) is 2.65. The van der Waals surface area contributed by atoms with E-state index >= 15 is 0 Å². The number of hydrogen-bond donors (Lipinski definition) is 1. The average Bonchev–Trinajstić information content (AvgIpc) is 2.67. The summed E-state index contributed by atoms with van der Waals surface area (Å²) in [5.41, 5.74) is 3.15. The monoisotopic (exact) mass is 267 g/mol. The maximum Gasteiger partial charge on any atom is 0.159 e. The van der Waals surface area contributed by atoms with Gasteiger partial charge in [-0.25, -0.2) is 0 Å². The number of nitrogens with one attached hydrogen (secondary N) is 1. The van der Waals surface area contributed by atoms with Crippen molar-refractivity contribution in [3.63, 3.8) is 0 Å². The zero-order valence-electron chi connectivity index (χ0n) is 10.9. The molecule has 0 aliphatic heterocycles. The molecule has 1 aliphatic carbocycles. The van der Waals surface area contributed by atoms with E-state index in [-0.39, 0.29) is 0 Å². The van der Waals surface area contributed by atoms with Gasteiger partial charge in [0.1, 0.15) is 0 Å². The lowest BCUT2D eigenvalue weighted by atomic mass is 9.90. The van der Waals surface area contributed by atoms with Gasteiger partial charge in [0.15, 0.2) is 3.95 Å². The first-order valence-corrected chi connectivity index (χ1v) is 7.81. The maximum atomic E-state index is 5.34. The maximum absolute atomic E-state index is 5.34. The highest BCUT2D eigenvalue weighted by Crippen LogP contribution is 2.23. The lowest BCUT2D eigenvalue weighted by Gasteiger charge is -2.16. The molecule has 0 saturated heterocycles. The Bertz CT molecular complexity index is 562. The van der Waals surface area contributed by atoms with Gasteiger partial charge in [-0.15, -0.1) is 11.3 Å². The Balaban J connectivity index is 2.80. The molecule has 0 aromatic carbocycles. The molecular weight excluding hydrogens is 246 g/mol. The van der Waals surface area contributed by atoms with Crippen molar-refractivity contribution < 1.29 is 0 Å². The van der Waals surface area contributed by atoms with E-state index in [4.69, 9.17) is 12.2 Å². The molecule has 1 aromatic rings. The van der Waals surface area contributed by atoms with Crippen molar-refractivity contribution in [1.82, 2.24) is 4.98 Å². The number of aromatic amines is 1. The van der Waals surface area contributed by atoms with Crippen molar-refractivity contribution in [1.29, 1.82) is 0 Å². The second-order valence-electron chi connectivity index (χ2n) is 4.98. The topological polar surface area (TPSA) is 15.8 Å². The number of H-pyrrole nitrogens is 1. The van der Waals surface area contributed by atoms with Crippen molar-refractivity contribution in [2.45, 2.75) is 52.9 Å². The normalized spacial score (nSPS) is 27.4. The molecule has 0 saturated carbocycles. The van der Waals surface area contributed by atoms with E-state index in [9.17, 15) is 0 Å². The van der Waals surface area contributed by atoms with E-state index < -0.39 is 0 Å². The zero-order chi connectivity index (χ0) is 12.4. The summed E-state index contributed by atoms with van der Waals surface area (Å²) >= 11 is 7.10. The van der Waals surface area contributed by atoms with Crippen LogP contribution in [-0.4, -0.2) is 4.98 Å². The third-order valence-corrected chi connectivity index (χ3v) is 5.05. The minimum absolute atomic E-state index is 0.801. The second-order valence-corrected chi connectivity index (χ2v) is 6.67. The number of aromatic nitrogens is 1. The highest BCUT2D eigenvalue weighted by Gasteiger charge is 2.13. The van der Waals surface area contributed by atoms with Crippen LogP contribution in [0.4, 0.5) is 0 Å². The van der Waals surface area contributed by atoms with Crippen LogP contribution < -0.4 is 9.88 Å². The molecule has 0 amide bonds. The summed E-state index contributed by atoms with van der Waals surface area (Å²) in [6.45, 7) is 6.90. The van der Waals surface area contributed by atoms with Crippen LogP contribution in [0.25, 0.3) is 11.1 Å². The molecule has 3 heteroatoms. The van der Waals surface area contributed by atoms with Gasteiger partial charge in [-0.3, -0.25) is 0 Å². The summed E-state index contributed by atoms with van der Waals surface area (Å²) in [6.07, 6.45) is 6.06. The molecule has 2 rings (SSSR count). The molecule has 1 atom stereocenters. The summed E-state index contributed by atoms with van der Waals surface area (Å²) in [5.74, 6) is 0.801. The van der Waals surface area contributed by atoms with Crippen molar-refractivity contribution in [3.05, 3.63) is 13.8 Å². The Morgan fingerprint density at radius 2 is 2.00 bits per heavy atom. The van der Waals surface area contributed by atoms with Crippen LogP contribution in [0.5, 0.6) is 0 Å². The Morgan fingerprint density at radius 1 is 1.29 bits per heavy atom. The number of hydrogen-bond acceptors (Lipinski definition) is 2. The summed E-state index contributed by atoms with van der Waals surface area (Å²) in [6, 6.07) is 0. The molecule has 0 spiro atoms. The van der Waals surface area contributed by atoms with Gasteiger partial charge in [-0.05, 0) is 55.8 Å². The zero-order valence-corrected chi connectivity index (χ0v) is 12.6. The molecule has 1 N–H and O–H groups in total. The van der Waals surface area contributed by atoms with Gasteiger partial charge in [0.25, 0.3) is 0 Å². The van der Waals surface area contributed by atoms with Crippen LogP contribution in [0.2, 0.25) is 0 Å². The van der Waals surface area contributed by atoms with Gasteiger partial charge in [0.2, 0.25) is 0 Å². The van der Waals surface area contributed by atoms with Crippen molar-refractivity contribution >= 4 is 34.7 Å². The van der Waals surface area contributed by atoms with E-state index in [1.165, 1.54) is 29.1 Å².